The van der Waals surface area contributed by atoms with Crippen LogP contribution >= 0.6 is 0 Å². The standard InChI is InChI=1S/C47H84O12S/c1-3-5-7-9-11-13-15-17-19-20-22-23-25-27-29-31-33-35-42(48)56-37-40(38-57-47-46(52)45(51)44(50)41(59-47)39-60(53,54)55)58-43(49)36-34-32-30-28-26-24-21-18-16-14-12-10-8-6-4-2/h10,12,22-23,27,29,40-41,44-47,50-52H,3-9,11,13-21,24-26,28,30-39H2,1-2H3,(H,53,54,55)/b12-10+,23-22+,29-27+/t40-,41-,44-,45?,46?,47+/m1/s1. The molecule has 12 nitrogen and oxygen atoms in total. The molecular formula is C47H84O12S. The van der Waals surface area contributed by atoms with Crippen molar-refractivity contribution in [1.82, 2.24) is 0 Å². The molecule has 0 aliphatic carbocycles. The average Bonchev–Trinajstić information content (AvgIpc) is 3.21. The van der Waals surface area contributed by atoms with Crippen molar-refractivity contribution in [2.45, 2.75) is 230 Å². The number of aliphatic hydroxyl groups is 3. The molecular weight excluding hydrogens is 789 g/mol. The van der Waals surface area contributed by atoms with Crippen LogP contribution in [0.25, 0.3) is 0 Å². The van der Waals surface area contributed by atoms with Gasteiger partial charge in [-0.15, -0.1) is 0 Å². The average molecular weight is 873 g/mol. The van der Waals surface area contributed by atoms with E-state index in [9.17, 15) is 37.9 Å². The van der Waals surface area contributed by atoms with Gasteiger partial charge in [-0.25, -0.2) is 0 Å². The maximum Gasteiger partial charge on any atom is 0.306 e. The number of hydrogen-bond donors (Lipinski definition) is 4. The summed E-state index contributed by atoms with van der Waals surface area (Å²) in [6.07, 6.45) is 33.4. The van der Waals surface area contributed by atoms with Gasteiger partial charge in [0, 0.05) is 12.8 Å². The molecule has 1 saturated heterocycles. The Bertz CT molecular complexity index is 1250. The minimum atomic E-state index is -4.61. The first-order valence-corrected chi connectivity index (χ1v) is 25.2. The maximum absolute atomic E-state index is 12.8. The SMILES string of the molecule is CCCC/C=C/CCCCCCCCCCCC(=O)O[C@H](COC(=O)CCC/C=C/C/C=C/CCCCCCCCCCC)CO[C@H]1O[C@H](CS(=O)(=O)O)[C@@H](O)C(O)C1O. The first kappa shape index (κ1) is 55.9. The highest BCUT2D eigenvalue weighted by molar-refractivity contribution is 7.85. The van der Waals surface area contributed by atoms with Crippen LogP contribution in [0.1, 0.15) is 194 Å². The van der Waals surface area contributed by atoms with Gasteiger partial charge in [-0.1, -0.05) is 159 Å². The molecule has 2 unspecified atom stereocenters. The third kappa shape index (κ3) is 31.7. The van der Waals surface area contributed by atoms with Gasteiger partial charge in [0.1, 0.15) is 36.8 Å². The normalized spacial score (nSPS) is 20.4. The molecule has 0 radical (unpaired) electrons. The topological polar surface area (TPSA) is 186 Å². The number of allylic oxidation sites excluding steroid dienone is 6. The van der Waals surface area contributed by atoms with E-state index >= 15 is 0 Å². The molecule has 0 saturated carbocycles. The van der Waals surface area contributed by atoms with Crippen LogP contribution in [0.15, 0.2) is 36.5 Å². The van der Waals surface area contributed by atoms with E-state index < -0.39 is 71.2 Å². The molecule has 0 aromatic rings. The van der Waals surface area contributed by atoms with Crippen LogP contribution in [0.3, 0.4) is 0 Å². The van der Waals surface area contributed by atoms with Gasteiger partial charge in [0.05, 0.1) is 6.61 Å². The molecule has 0 aromatic heterocycles. The monoisotopic (exact) mass is 873 g/mol. The van der Waals surface area contributed by atoms with Gasteiger partial charge in [-0.2, -0.15) is 8.42 Å². The van der Waals surface area contributed by atoms with Crippen molar-refractivity contribution in [2.24, 2.45) is 0 Å². The molecule has 1 aliphatic heterocycles. The second-order valence-electron chi connectivity index (χ2n) is 16.4. The highest BCUT2D eigenvalue weighted by Gasteiger charge is 2.46. The summed E-state index contributed by atoms with van der Waals surface area (Å²) in [4.78, 5) is 25.4. The van der Waals surface area contributed by atoms with Crippen molar-refractivity contribution in [3.63, 3.8) is 0 Å². The van der Waals surface area contributed by atoms with Gasteiger partial charge in [0.15, 0.2) is 12.4 Å². The molecule has 13 heteroatoms. The number of ether oxygens (including phenoxy) is 4. The Kier molecular flexibility index (Phi) is 34.9. The van der Waals surface area contributed by atoms with E-state index in [0.717, 1.165) is 38.5 Å². The molecule has 60 heavy (non-hydrogen) atoms. The third-order valence-electron chi connectivity index (χ3n) is 10.7. The number of rotatable bonds is 39. The molecule has 1 heterocycles. The number of esters is 2. The van der Waals surface area contributed by atoms with Crippen molar-refractivity contribution in [3.8, 4) is 0 Å². The lowest BCUT2D eigenvalue weighted by Crippen LogP contribution is -2.60. The van der Waals surface area contributed by atoms with Gasteiger partial charge in [-0.05, 0) is 57.8 Å². The van der Waals surface area contributed by atoms with Gasteiger partial charge in [0.25, 0.3) is 10.1 Å². The van der Waals surface area contributed by atoms with E-state index in [4.69, 9.17) is 18.9 Å². The number of carbonyl (C=O) groups is 2. The van der Waals surface area contributed by atoms with E-state index in [2.05, 4.69) is 44.2 Å². The van der Waals surface area contributed by atoms with Crippen molar-refractivity contribution in [1.29, 1.82) is 0 Å². The van der Waals surface area contributed by atoms with Gasteiger partial charge in [-0.3, -0.25) is 14.1 Å². The molecule has 4 N–H and O–H groups in total. The van der Waals surface area contributed by atoms with Crippen LogP contribution in [0.2, 0.25) is 0 Å². The lowest BCUT2D eigenvalue weighted by molar-refractivity contribution is -0.297. The molecule has 0 spiro atoms. The van der Waals surface area contributed by atoms with Crippen molar-refractivity contribution in [3.05, 3.63) is 36.5 Å². The second-order valence-corrected chi connectivity index (χ2v) is 17.9. The fourth-order valence-corrected chi connectivity index (χ4v) is 7.68. The Morgan fingerprint density at radius 2 is 1.03 bits per heavy atom. The summed E-state index contributed by atoms with van der Waals surface area (Å²) < 4.78 is 54.0. The zero-order chi connectivity index (χ0) is 44.1. The Labute approximate surface area is 363 Å². The van der Waals surface area contributed by atoms with E-state index in [-0.39, 0.29) is 19.4 Å². The fraction of sp³-hybridized carbons (Fsp3) is 0.830. The van der Waals surface area contributed by atoms with Crippen LogP contribution in [-0.2, 0) is 38.7 Å². The first-order valence-electron chi connectivity index (χ1n) is 23.5. The van der Waals surface area contributed by atoms with E-state index in [1.165, 1.54) is 109 Å². The summed E-state index contributed by atoms with van der Waals surface area (Å²) in [6.45, 7) is 3.70. The van der Waals surface area contributed by atoms with Crippen molar-refractivity contribution in [2.75, 3.05) is 19.0 Å². The summed E-state index contributed by atoms with van der Waals surface area (Å²) in [5, 5.41) is 30.9. The predicted octanol–water partition coefficient (Wildman–Crippen LogP) is 9.78. The van der Waals surface area contributed by atoms with Crippen LogP contribution in [0, 0.1) is 0 Å². The lowest BCUT2D eigenvalue weighted by atomic mass is 10.00. The minimum absolute atomic E-state index is 0.154. The first-order chi connectivity index (χ1) is 29.0. The summed E-state index contributed by atoms with van der Waals surface area (Å²) in [5.41, 5.74) is 0. The van der Waals surface area contributed by atoms with E-state index in [0.29, 0.717) is 19.3 Å². The molecule has 0 aromatic carbocycles. The summed E-state index contributed by atoms with van der Waals surface area (Å²) >= 11 is 0. The molecule has 0 bridgehead atoms. The third-order valence-corrected chi connectivity index (χ3v) is 11.4. The van der Waals surface area contributed by atoms with Crippen LogP contribution < -0.4 is 0 Å². The van der Waals surface area contributed by atoms with E-state index in [1.807, 2.05) is 6.08 Å². The number of carbonyl (C=O) groups excluding carboxylic acids is 2. The van der Waals surface area contributed by atoms with Crippen LogP contribution in [0.4, 0.5) is 0 Å². The Morgan fingerprint density at radius 1 is 0.567 bits per heavy atom. The van der Waals surface area contributed by atoms with Gasteiger partial charge in [0.2, 0.25) is 0 Å². The lowest BCUT2D eigenvalue weighted by Gasteiger charge is -2.40. The molecule has 0 amide bonds. The number of hydrogen-bond acceptors (Lipinski definition) is 11. The van der Waals surface area contributed by atoms with Gasteiger partial charge < -0.3 is 34.3 Å². The van der Waals surface area contributed by atoms with Crippen LogP contribution in [0.5, 0.6) is 0 Å². The number of aliphatic hydroxyl groups excluding tert-OH is 3. The van der Waals surface area contributed by atoms with E-state index in [1.54, 1.807) is 0 Å². The molecule has 6 atom stereocenters. The van der Waals surface area contributed by atoms with Crippen molar-refractivity contribution >= 4 is 22.1 Å². The smallest absolute Gasteiger partial charge is 0.306 e. The fourth-order valence-electron chi connectivity index (χ4n) is 6.99. The predicted molar refractivity (Wildman–Crippen MR) is 238 cm³/mol. The summed E-state index contributed by atoms with van der Waals surface area (Å²) in [6, 6.07) is 0. The molecule has 1 fully saturated rings. The maximum atomic E-state index is 12.8. The minimum Gasteiger partial charge on any atom is -0.462 e. The Morgan fingerprint density at radius 3 is 1.58 bits per heavy atom. The summed E-state index contributed by atoms with van der Waals surface area (Å²) in [5.74, 6) is -2.04. The second kappa shape index (κ2) is 37.4. The number of unbranched alkanes of at least 4 members (excludes halogenated alkanes) is 21. The zero-order valence-corrected chi connectivity index (χ0v) is 38.1. The van der Waals surface area contributed by atoms with Crippen molar-refractivity contribution < 1.29 is 56.8 Å². The Hall–Kier alpha value is -2.13. The molecule has 1 rings (SSSR count). The quantitative estimate of drug-likeness (QED) is 0.0199. The summed E-state index contributed by atoms with van der Waals surface area (Å²) in [7, 11) is -4.61. The Balaban J connectivity index is 2.45. The zero-order valence-electron chi connectivity index (χ0n) is 37.3. The highest BCUT2D eigenvalue weighted by atomic mass is 32.2. The highest BCUT2D eigenvalue weighted by Crippen LogP contribution is 2.24. The molecule has 1 aliphatic rings. The largest absolute Gasteiger partial charge is 0.462 e. The van der Waals surface area contributed by atoms with Crippen LogP contribution in [-0.4, -0.2) is 96.0 Å². The molecule has 350 valence electrons. The van der Waals surface area contributed by atoms with Gasteiger partial charge >= 0.3 is 11.9 Å².